The molecule has 0 radical (unpaired) electrons. The van der Waals surface area contributed by atoms with Gasteiger partial charge in [-0.05, 0) is 25.5 Å². The van der Waals surface area contributed by atoms with Crippen LogP contribution < -0.4 is 10.6 Å². The van der Waals surface area contributed by atoms with Crippen LogP contribution in [0.2, 0.25) is 0 Å². The van der Waals surface area contributed by atoms with Gasteiger partial charge in [0.05, 0.1) is 17.1 Å². The van der Waals surface area contributed by atoms with Gasteiger partial charge in [0.1, 0.15) is 15.7 Å². The monoisotopic (exact) mass is 350 g/mol. The van der Waals surface area contributed by atoms with Crippen LogP contribution in [0.4, 0.5) is 10.6 Å². The van der Waals surface area contributed by atoms with E-state index in [1.54, 1.807) is 4.68 Å². The highest BCUT2D eigenvalue weighted by Gasteiger charge is 2.16. The Hall–Kier alpha value is -2.35. The molecule has 0 aliphatic heterocycles. The van der Waals surface area contributed by atoms with Crippen LogP contribution in [0.25, 0.3) is 5.69 Å². The predicted molar refractivity (Wildman–Crippen MR) is 94.4 cm³/mol. The summed E-state index contributed by atoms with van der Waals surface area (Å²) in [6.07, 6.45) is 1.88. The van der Waals surface area contributed by atoms with E-state index >= 15 is 0 Å². The third kappa shape index (κ3) is 4.58. The van der Waals surface area contributed by atoms with Crippen molar-refractivity contribution in [2.45, 2.75) is 20.3 Å². The number of nitrogens with zero attached hydrogens (tertiary/aromatic N) is 2. The zero-order valence-electron chi connectivity index (χ0n) is 14.0. The van der Waals surface area contributed by atoms with Crippen LogP contribution in [0.3, 0.4) is 0 Å². The first kappa shape index (κ1) is 18.0. The topological polar surface area (TPSA) is 93.1 Å². The summed E-state index contributed by atoms with van der Waals surface area (Å²) in [5.41, 5.74) is 2.62. The molecule has 24 heavy (non-hydrogen) atoms. The number of sulfone groups is 1. The number of carbonyl (C=O) groups is 1. The molecule has 0 aliphatic rings. The molecule has 0 spiro atoms. The van der Waals surface area contributed by atoms with Gasteiger partial charge in [-0.3, -0.25) is 5.32 Å². The first-order chi connectivity index (χ1) is 11.3. The molecule has 1 aromatic heterocycles. The first-order valence-electron chi connectivity index (χ1n) is 7.68. The van der Waals surface area contributed by atoms with Crippen LogP contribution in [0.1, 0.15) is 18.2 Å². The fourth-order valence-electron chi connectivity index (χ4n) is 2.28. The van der Waals surface area contributed by atoms with Crippen LogP contribution in [-0.2, 0) is 16.3 Å². The summed E-state index contributed by atoms with van der Waals surface area (Å²) in [6.45, 7) is 3.96. The lowest BCUT2D eigenvalue weighted by Gasteiger charge is -2.11. The normalized spacial score (nSPS) is 11.3. The molecule has 0 atom stereocenters. The molecule has 1 aromatic carbocycles. The molecular weight excluding hydrogens is 328 g/mol. The Morgan fingerprint density at radius 2 is 1.92 bits per heavy atom. The number of nitrogens with one attached hydrogen (secondary N) is 2. The summed E-state index contributed by atoms with van der Waals surface area (Å²) in [5.74, 6) is 0.479. The standard InChI is InChI=1S/C16H22N4O3S/c1-4-14-12(2)15(18-16(21)17-10-11-24(3,22)23)20(19-14)13-8-6-5-7-9-13/h5-9H,4,10-11H2,1-3H3,(H2,17,18,21). The highest BCUT2D eigenvalue weighted by atomic mass is 32.2. The van der Waals surface area contributed by atoms with Crippen molar-refractivity contribution in [2.75, 3.05) is 23.9 Å². The lowest BCUT2D eigenvalue weighted by Crippen LogP contribution is -2.33. The van der Waals surface area contributed by atoms with Crippen molar-refractivity contribution in [3.63, 3.8) is 0 Å². The number of anilines is 1. The van der Waals surface area contributed by atoms with E-state index in [0.717, 1.165) is 29.6 Å². The van der Waals surface area contributed by atoms with Crippen molar-refractivity contribution >= 4 is 21.7 Å². The predicted octanol–water partition coefficient (Wildman–Crippen LogP) is 1.91. The van der Waals surface area contributed by atoms with E-state index in [0.29, 0.717) is 5.82 Å². The minimum atomic E-state index is -3.11. The maximum Gasteiger partial charge on any atom is 0.320 e. The van der Waals surface area contributed by atoms with E-state index in [4.69, 9.17) is 0 Å². The number of hydrogen-bond acceptors (Lipinski definition) is 4. The Balaban J connectivity index is 2.20. The van der Waals surface area contributed by atoms with E-state index in [1.807, 2.05) is 44.2 Å². The molecule has 0 fully saturated rings. The molecule has 130 valence electrons. The Kier molecular flexibility index (Phi) is 5.61. The number of para-hydroxylation sites is 1. The average molecular weight is 350 g/mol. The van der Waals surface area contributed by atoms with Gasteiger partial charge in [-0.2, -0.15) is 5.10 Å². The average Bonchev–Trinajstić information content (AvgIpc) is 2.83. The molecule has 1 heterocycles. The van der Waals surface area contributed by atoms with Crippen LogP contribution >= 0.6 is 0 Å². The van der Waals surface area contributed by atoms with Gasteiger partial charge in [0, 0.05) is 18.4 Å². The lowest BCUT2D eigenvalue weighted by atomic mass is 10.2. The van der Waals surface area contributed by atoms with Gasteiger partial charge in [-0.1, -0.05) is 25.1 Å². The number of rotatable bonds is 6. The van der Waals surface area contributed by atoms with Crippen LogP contribution in [0.5, 0.6) is 0 Å². The van der Waals surface area contributed by atoms with Gasteiger partial charge < -0.3 is 5.32 Å². The van der Waals surface area contributed by atoms with Crippen molar-refractivity contribution in [3.8, 4) is 5.69 Å². The van der Waals surface area contributed by atoms with Crippen molar-refractivity contribution in [1.82, 2.24) is 15.1 Å². The molecule has 2 amide bonds. The molecule has 0 saturated heterocycles. The maximum atomic E-state index is 12.1. The van der Waals surface area contributed by atoms with E-state index in [-0.39, 0.29) is 12.3 Å². The molecule has 0 saturated carbocycles. The second-order valence-corrected chi connectivity index (χ2v) is 7.79. The first-order valence-corrected chi connectivity index (χ1v) is 9.74. The summed E-state index contributed by atoms with van der Waals surface area (Å²) >= 11 is 0. The van der Waals surface area contributed by atoms with Crippen molar-refractivity contribution in [1.29, 1.82) is 0 Å². The summed E-state index contributed by atoms with van der Waals surface area (Å²) in [5, 5.41) is 9.87. The van der Waals surface area contributed by atoms with Gasteiger partial charge in [0.15, 0.2) is 0 Å². The number of aryl methyl sites for hydroxylation is 1. The third-order valence-electron chi connectivity index (χ3n) is 3.55. The van der Waals surface area contributed by atoms with E-state index in [2.05, 4.69) is 15.7 Å². The van der Waals surface area contributed by atoms with Crippen molar-refractivity contribution < 1.29 is 13.2 Å². The molecule has 0 unspecified atom stereocenters. The molecular formula is C16H22N4O3S. The van der Waals surface area contributed by atoms with Gasteiger partial charge in [-0.15, -0.1) is 0 Å². The number of aromatic nitrogens is 2. The summed E-state index contributed by atoms with van der Waals surface area (Å²) in [6, 6.07) is 9.05. The quantitative estimate of drug-likeness (QED) is 0.832. The molecule has 2 rings (SSSR count). The van der Waals surface area contributed by atoms with Gasteiger partial charge in [-0.25, -0.2) is 17.9 Å². The van der Waals surface area contributed by atoms with Gasteiger partial charge in [0.2, 0.25) is 0 Å². The summed E-state index contributed by atoms with van der Waals surface area (Å²) < 4.78 is 23.9. The number of hydrogen-bond donors (Lipinski definition) is 2. The van der Waals surface area contributed by atoms with E-state index in [1.165, 1.54) is 0 Å². The number of benzene rings is 1. The minimum absolute atomic E-state index is 0.0593. The number of urea groups is 1. The Morgan fingerprint density at radius 1 is 1.25 bits per heavy atom. The van der Waals surface area contributed by atoms with E-state index in [9.17, 15) is 13.2 Å². The van der Waals surface area contributed by atoms with E-state index < -0.39 is 15.9 Å². The van der Waals surface area contributed by atoms with Crippen LogP contribution in [0.15, 0.2) is 30.3 Å². The molecule has 8 heteroatoms. The van der Waals surface area contributed by atoms with Crippen LogP contribution in [0, 0.1) is 6.92 Å². The number of carbonyl (C=O) groups excluding carboxylic acids is 1. The van der Waals surface area contributed by atoms with Crippen molar-refractivity contribution in [2.24, 2.45) is 0 Å². The summed E-state index contributed by atoms with van der Waals surface area (Å²) in [4.78, 5) is 12.1. The van der Waals surface area contributed by atoms with Crippen molar-refractivity contribution in [3.05, 3.63) is 41.6 Å². The molecule has 0 bridgehead atoms. The van der Waals surface area contributed by atoms with Gasteiger partial charge >= 0.3 is 6.03 Å². The Bertz CT molecular complexity index is 813. The number of amides is 2. The summed E-state index contributed by atoms with van der Waals surface area (Å²) in [7, 11) is -3.11. The zero-order chi connectivity index (χ0) is 17.7. The van der Waals surface area contributed by atoms with Crippen LogP contribution in [-0.4, -0.2) is 42.8 Å². The fourth-order valence-corrected chi connectivity index (χ4v) is 2.75. The molecule has 7 nitrogen and oxygen atoms in total. The highest BCUT2D eigenvalue weighted by molar-refractivity contribution is 7.90. The van der Waals surface area contributed by atoms with Gasteiger partial charge in [0.25, 0.3) is 0 Å². The smallest absolute Gasteiger partial charge is 0.320 e. The lowest BCUT2D eigenvalue weighted by molar-refractivity contribution is 0.252. The largest absolute Gasteiger partial charge is 0.337 e. The Labute approximate surface area is 142 Å². The molecule has 0 aliphatic carbocycles. The molecule has 2 N–H and O–H groups in total. The zero-order valence-corrected chi connectivity index (χ0v) is 14.9. The fraction of sp³-hybridized carbons (Fsp3) is 0.375. The second kappa shape index (κ2) is 7.48. The second-order valence-electron chi connectivity index (χ2n) is 5.53. The highest BCUT2D eigenvalue weighted by Crippen LogP contribution is 2.23. The minimum Gasteiger partial charge on any atom is -0.337 e. The Morgan fingerprint density at radius 3 is 2.50 bits per heavy atom. The third-order valence-corrected chi connectivity index (χ3v) is 4.49. The SMILES string of the molecule is CCc1nn(-c2ccccc2)c(NC(=O)NCCS(C)(=O)=O)c1C. The maximum absolute atomic E-state index is 12.1. The molecule has 2 aromatic rings.